The highest BCUT2D eigenvalue weighted by Crippen LogP contribution is 2.32. The number of hydrazine groups is 1. The number of rotatable bonds is 5. The first-order valence-corrected chi connectivity index (χ1v) is 9.69. The molecule has 2 unspecified atom stereocenters. The van der Waals surface area contributed by atoms with Crippen molar-refractivity contribution in [1.82, 2.24) is 20.7 Å². The molecule has 5 nitrogen and oxygen atoms in total. The van der Waals surface area contributed by atoms with Gasteiger partial charge in [-0.15, -0.1) is 0 Å². The maximum absolute atomic E-state index is 13.0. The molecule has 0 radical (unpaired) electrons. The molecule has 2 aromatic carbocycles. The number of carbonyl (C=O) groups is 1. The van der Waals surface area contributed by atoms with Gasteiger partial charge in [0.25, 0.3) is 0 Å². The topological polar surface area (TPSA) is 58.1 Å². The number of amides is 1. The Morgan fingerprint density at radius 2 is 1.93 bits per heavy atom. The zero-order valence-corrected chi connectivity index (χ0v) is 16.1. The van der Waals surface area contributed by atoms with E-state index in [2.05, 4.69) is 58.8 Å². The maximum Gasteiger partial charge on any atom is 0.225 e. The Balaban J connectivity index is 1.46. The molecule has 3 N–H and O–H groups in total. The largest absolute Gasteiger partial charge is 0.343 e. The molecule has 0 bridgehead atoms. The Labute approximate surface area is 163 Å². The summed E-state index contributed by atoms with van der Waals surface area (Å²) in [6, 6.07) is 14.6. The molecule has 1 aromatic heterocycles. The SMILES string of the molecule is CCn1c(C2CC(NC(=O)Cc3ccc(F)cc3)NN2)c(C)c2ccccc21. The van der Waals surface area contributed by atoms with Crippen molar-refractivity contribution in [3.8, 4) is 0 Å². The van der Waals surface area contributed by atoms with Gasteiger partial charge in [-0.25, -0.2) is 15.2 Å². The van der Waals surface area contributed by atoms with Crippen LogP contribution in [0.15, 0.2) is 48.5 Å². The minimum Gasteiger partial charge on any atom is -0.343 e. The molecule has 2 atom stereocenters. The van der Waals surface area contributed by atoms with Gasteiger partial charge in [-0.1, -0.05) is 30.3 Å². The van der Waals surface area contributed by atoms with E-state index < -0.39 is 0 Å². The van der Waals surface area contributed by atoms with Gasteiger partial charge in [0.15, 0.2) is 0 Å². The second-order valence-electron chi connectivity index (χ2n) is 7.27. The van der Waals surface area contributed by atoms with Crippen molar-refractivity contribution < 1.29 is 9.18 Å². The number of para-hydroxylation sites is 1. The van der Waals surface area contributed by atoms with Gasteiger partial charge in [0.05, 0.1) is 18.6 Å². The zero-order chi connectivity index (χ0) is 19.7. The number of halogens is 1. The molecule has 4 rings (SSSR count). The molecule has 1 saturated heterocycles. The van der Waals surface area contributed by atoms with Crippen molar-refractivity contribution in [1.29, 1.82) is 0 Å². The van der Waals surface area contributed by atoms with Crippen molar-refractivity contribution in [2.45, 2.75) is 45.4 Å². The third kappa shape index (κ3) is 3.53. The molecule has 6 heteroatoms. The number of aryl methyl sites for hydroxylation is 2. The summed E-state index contributed by atoms with van der Waals surface area (Å²) in [5, 5.41) is 4.29. The lowest BCUT2D eigenvalue weighted by Crippen LogP contribution is -2.44. The van der Waals surface area contributed by atoms with E-state index in [-0.39, 0.29) is 30.4 Å². The first kappa shape index (κ1) is 18.7. The van der Waals surface area contributed by atoms with Gasteiger partial charge in [-0.2, -0.15) is 0 Å². The molecule has 146 valence electrons. The molecule has 1 fully saturated rings. The predicted molar refractivity (Wildman–Crippen MR) is 108 cm³/mol. The highest BCUT2D eigenvalue weighted by Gasteiger charge is 2.30. The van der Waals surface area contributed by atoms with E-state index in [1.807, 2.05) is 0 Å². The Hall–Kier alpha value is -2.70. The smallest absolute Gasteiger partial charge is 0.225 e. The van der Waals surface area contributed by atoms with Gasteiger partial charge >= 0.3 is 0 Å². The summed E-state index contributed by atoms with van der Waals surface area (Å²) in [5.74, 6) is -0.380. The van der Waals surface area contributed by atoms with Crippen molar-refractivity contribution in [2.75, 3.05) is 0 Å². The van der Waals surface area contributed by atoms with E-state index in [9.17, 15) is 9.18 Å². The van der Waals surface area contributed by atoms with Gasteiger partial charge in [0, 0.05) is 29.6 Å². The highest BCUT2D eigenvalue weighted by atomic mass is 19.1. The van der Waals surface area contributed by atoms with E-state index in [1.54, 1.807) is 12.1 Å². The first-order valence-electron chi connectivity index (χ1n) is 9.69. The van der Waals surface area contributed by atoms with Crippen molar-refractivity contribution in [3.63, 3.8) is 0 Å². The number of benzene rings is 2. The van der Waals surface area contributed by atoms with E-state index in [0.29, 0.717) is 0 Å². The van der Waals surface area contributed by atoms with Crippen molar-refractivity contribution in [3.05, 3.63) is 71.2 Å². The van der Waals surface area contributed by atoms with E-state index >= 15 is 0 Å². The fourth-order valence-corrected chi connectivity index (χ4v) is 4.15. The van der Waals surface area contributed by atoms with Crippen LogP contribution in [-0.2, 0) is 17.8 Å². The summed E-state index contributed by atoms with van der Waals surface area (Å²) >= 11 is 0. The molecule has 1 aliphatic rings. The highest BCUT2D eigenvalue weighted by molar-refractivity contribution is 5.85. The average molecular weight is 380 g/mol. The van der Waals surface area contributed by atoms with Crippen LogP contribution in [0.5, 0.6) is 0 Å². The van der Waals surface area contributed by atoms with Crippen LogP contribution in [0.25, 0.3) is 10.9 Å². The van der Waals surface area contributed by atoms with Crippen LogP contribution in [0.4, 0.5) is 4.39 Å². The number of hydrogen-bond donors (Lipinski definition) is 3. The van der Waals surface area contributed by atoms with Gasteiger partial charge in [-0.3, -0.25) is 4.79 Å². The van der Waals surface area contributed by atoms with Crippen LogP contribution in [0, 0.1) is 12.7 Å². The minimum absolute atomic E-state index is 0.0840. The third-order valence-electron chi connectivity index (χ3n) is 5.44. The Bertz CT molecular complexity index is 996. The van der Waals surface area contributed by atoms with Crippen molar-refractivity contribution in [2.24, 2.45) is 0 Å². The zero-order valence-electron chi connectivity index (χ0n) is 16.1. The molecule has 28 heavy (non-hydrogen) atoms. The van der Waals surface area contributed by atoms with Crippen LogP contribution < -0.4 is 16.2 Å². The number of nitrogens with zero attached hydrogens (tertiary/aromatic N) is 1. The van der Waals surface area contributed by atoms with E-state index in [0.717, 1.165) is 18.5 Å². The van der Waals surface area contributed by atoms with Gasteiger partial charge < -0.3 is 9.88 Å². The lowest BCUT2D eigenvalue weighted by molar-refractivity contribution is -0.121. The van der Waals surface area contributed by atoms with Gasteiger partial charge in [0.2, 0.25) is 5.91 Å². The summed E-state index contributed by atoms with van der Waals surface area (Å²) in [7, 11) is 0. The second-order valence-corrected chi connectivity index (χ2v) is 7.27. The monoisotopic (exact) mass is 380 g/mol. The molecule has 2 heterocycles. The number of fused-ring (bicyclic) bond motifs is 1. The molecule has 1 amide bonds. The fourth-order valence-electron chi connectivity index (χ4n) is 4.15. The van der Waals surface area contributed by atoms with Gasteiger partial charge in [-0.05, 0) is 43.2 Å². The summed E-state index contributed by atoms with van der Waals surface area (Å²) in [6.45, 7) is 5.20. The lowest BCUT2D eigenvalue weighted by atomic mass is 10.1. The molecule has 0 spiro atoms. The Kier molecular flexibility index (Phi) is 5.15. The summed E-state index contributed by atoms with van der Waals surface area (Å²) < 4.78 is 15.3. The second kappa shape index (κ2) is 7.73. The number of nitrogens with one attached hydrogen (secondary N) is 3. The molecule has 3 aromatic rings. The van der Waals surface area contributed by atoms with E-state index in [4.69, 9.17) is 0 Å². The Morgan fingerprint density at radius 1 is 1.18 bits per heavy atom. The van der Waals surface area contributed by atoms with Crippen LogP contribution in [0.3, 0.4) is 0 Å². The molecule has 0 saturated carbocycles. The Morgan fingerprint density at radius 3 is 2.68 bits per heavy atom. The minimum atomic E-state index is -0.296. The summed E-state index contributed by atoms with van der Waals surface area (Å²) in [6.07, 6.45) is 0.838. The molecule has 0 aliphatic carbocycles. The molecule has 1 aliphatic heterocycles. The quantitative estimate of drug-likeness (QED) is 0.636. The standard InChI is InChI=1S/C22H25FN4O/c1-3-27-19-7-5-4-6-17(19)14(2)22(27)18-13-20(26-25-18)24-21(28)12-15-8-10-16(23)11-9-15/h4-11,18,20,25-26H,3,12-13H2,1-2H3,(H,24,28). The number of hydrogen-bond acceptors (Lipinski definition) is 3. The summed E-state index contributed by atoms with van der Waals surface area (Å²) in [5.41, 5.74) is 11.1. The molecular weight excluding hydrogens is 355 g/mol. The van der Waals surface area contributed by atoms with Gasteiger partial charge in [0.1, 0.15) is 5.82 Å². The predicted octanol–water partition coefficient (Wildman–Crippen LogP) is 3.33. The first-order chi connectivity index (χ1) is 13.6. The van der Waals surface area contributed by atoms with Crippen LogP contribution in [0.1, 0.15) is 36.2 Å². The van der Waals surface area contributed by atoms with Crippen LogP contribution in [-0.4, -0.2) is 16.6 Å². The van der Waals surface area contributed by atoms with Crippen molar-refractivity contribution >= 4 is 16.8 Å². The number of aromatic nitrogens is 1. The fraction of sp³-hybridized carbons (Fsp3) is 0.318. The van der Waals surface area contributed by atoms with E-state index in [1.165, 1.54) is 34.3 Å². The lowest BCUT2D eigenvalue weighted by Gasteiger charge is -2.15. The maximum atomic E-state index is 13.0. The molecular formula is C22H25FN4O. The number of carbonyl (C=O) groups excluding carboxylic acids is 1. The van der Waals surface area contributed by atoms with Crippen LogP contribution >= 0.6 is 0 Å². The third-order valence-corrected chi connectivity index (χ3v) is 5.44. The van der Waals surface area contributed by atoms with Crippen LogP contribution in [0.2, 0.25) is 0 Å². The summed E-state index contributed by atoms with van der Waals surface area (Å²) in [4.78, 5) is 12.3. The average Bonchev–Trinajstić information content (AvgIpc) is 3.25. The normalized spacial score (nSPS) is 19.2.